The van der Waals surface area contributed by atoms with Crippen molar-refractivity contribution in [1.29, 1.82) is 0 Å². The summed E-state index contributed by atoms with van der Waals surface area (Å²) in [6, 6.07) is 5.37. The number of carbonyl (C=O) groups excluding carboxylic acids is 1. The summed E-state index contributed by atoms with van der Waals surface area (Å²) in [6.45, 7) is 5.41. The highest BCUT2D eigenvalue weighted by molar-refractivity contribution is 7.93. The van der Waals surface area contributed by atoms with Crippen molar-refractivity contribution in [2.24, 2.45) is 0 Å². The Morgan fingerprint density at radius 1 is 1.11 bits per heavy atom. The first kappa shape index (κ1) is 20.8. The second-order valence-corrected chi connectivity index (χ2v) is 10.1. The lowest BCUT2D eigenvalue weighted by atomic mass is 10.1. The molecule has 1 aliphatic rings. The number of aryl methyl sites for hydroxylation is 3. The smallest absolute Gasteiger partial charge is 0.263 e. The number of hydrogen-bond acceptors (Lipinski definition) is 5. The van der Waals surface area contributed by atoms with Gasteiger partial charge >= 0.3 is 0 Å². The second kappa shape index (κ2) is 8.61. The number of sulfonamides is 1. The van der Waals surface area contributed by atoms with E-state index in [-0.39, 0.29) is 22.0 Å². The van der Waals surface area contributed by atoms with E-state index in [1.807, 2.05) is 13.0 Å². The van der Waals surface area contributed by atoms with Gasteiger partial charge in [0.05, 0.1) is 10.6 Å². The van der Waals surface area contributed by atoms with Gasteiger partial charge in [-0.25, -0.2) is 13.4 Å². The molecule has 1 aromatic heterocycles. The van der Waals surface area contributed by atoms with Gasteiger partial charge in [0.25, 0.3) is 15.9 Å². The summed E-state index contributed by atoms with van der Waals surface area (Å²) in [7, 11) is -3.76. The van der Waals surface area contributed by atoms with Crippen LogP contribution in [0.1, 0.15) is 65.0 Å². The molecule has 152 valence electrons. The van der Waals surface area contributed by atoms with Crippen LogP contribution in [0.15, 0.2) is 23.1 Å². The van der Waals surface area contributed by atoms with E-state index in [9.17, 15) is 13.2 Å². The van der Waals surface area contributed by atoms with E-state index in [0.717, 1.165) is 42.6 Å². The van der Waals surface area contributed by atoms with Crippen LogP contribution in [0, 0.1) is 20.8 Å². The van der Waals surface area contributed by atoms with E-state index in [4.69, 9.17) is 0 Å². The zero-order valence-electron chi connectivity index (χ0n) is 16.5. The average molecular weight is 422 g/mol. The minimum Gasteiger partial charge on any atom is -0.349 e. The molecule has 0 bridgehead atoms. The highest BCUT2D eigenvalue weighted by atomic mass is 32.2. The molecule has 6 nitrogen and oxygen atoms in total. The van der Waals surface area contributed by atoms with Crippen molar-refractivity contribution in [3.8, 4) is 0 Å². The van der Waals surface area contributed by atoms with E-state index < -0.39 is 10.0 Å². The molecule has 2 N–H and O–H groups in total. The number of nitrogens with zero attached hydrogens (tertiary/aromatic N) is 1. The highest BCUT2D eigenvalue weighted by Crippen LogP contribution is 2.27. The van der Waals surface area contributed by atoms with Crippen molar-refractivity contribution in [2.75, 3.05) is 4.72 Å². The topological polar surface area (TPSA) is 88.2 Å². The first-order chi connectivity index (χ1) is 13.3. The molecule has 1 aromatic carbocycles. The standard InChI is InChI=1S/C20H27N3O3S2/c1-13-10-11-17(14(2)12-13)28(25,26)23-20-21-15(3)18(27-20)19(24)22-16-8-6-4-5-7-9-16/h10-12,16H,4-9H2,1-3H3,(H,21,23)(H,22,24). The molecular formula is C20H27N3O3S2. The molecule has 1 amide bonds. The Hall–Kier alpha value is -1.93. The third-order valence-corrected chi connectivity index (χ3v) is 7.73. The lowest BCUT2D eigenvalue weighted by Crippen LogP contribution is -2.34. The van der Waals surface area contributed by atoms with Gasteiger partial charge in [0.1, 0.15) is 4.88 Å². The summed E-state index contributed by atoms with van der Waals surface area (Å²) < 4.78 is 28.0. The molecule has 0 saturated heterocycles. The van der Waals surface area contributed by atoms with Crippen molar-refractivity contribution in [3.63, 3.8) is 0 Å². The van der Waals surface area contributed by atoms with Gasteiger partial charge in [0.2, 0.25) is 0 Å². The minimum absolute atomic E-state index is 0.168. The predicted molar refractivity (Wildman–Crippen MR) is 113 cm³/mol. The van der Waals surface area contributed by atoms with Crippen molar-refractivity contribution in [3.05, 3.63) is 39.9 Å². The normalized spacial score (nSPS) is 15.8. The molecule has 1 heterocycles. The number of hydrogen-bond donors (Lipinski definition) is 2. The van der Waals surface area contributed by atoms with Gasteiger partial charge in [0.15, 0.2) is 5.13 Å². The van der Waals surface area contributed by atoms with Gasteiger partial charge < -0.3 is 5.32 Å². The van der Waals surface area contributed by atoms with Crippen LogP contribution in [0.3, 0.4) is 0 Å². The van der Waals surface area contributed by atoms with Gasteiger partial charge in [-0.2, -0.15) is 0 Å². The molecule has 0 atom stereocenters. The van der Waals surface area contributed by atoms with Gasteiger partial charge in [0, 0.05) is 6.04 Å². The van der Waals surface area contributed by atoms with Crippen LogP contribution < -0.4 is 10.0 Å². The monoisotopic (exact) mass is 421 g/mol. The average Bonchev–Trinajstić information content (AvgIpc) is 2.80. The predicted octanol–water partition coefficient (Wildman–Crippen LogP) is 4.32. The first-order valence-electron chi connectivity index (χ1n) is 9.64. The largest absolute Gasteiger partial charge is 0.349 e. The summed E-state index contributed by atoms with van der Waals surface area (Å²) in [5, 5.41) is 3.30. The summed E-state index contributed by atoms with van der Waals surface area (Å²) in [4.78, 5) is 17.6. The van der Waals surface area contributed by atoms with Crippen LogP contribution in [0.25, 0.3) is 0 Å². The molecule has 0 radical (unpaired) electrons. The molecule has 0 unspecified atom stereocenters. The van der Waals surface area contributed by atoms with Crippen LogP contribution in [0.2, 0.25) is 0 Å². The molecule has 28 heavy (non-hydrogen) atoms. The third kappa shape index (κ3) is 4.91. The fourth-order valence-corrected chi connectivity index (χ4v) is 5.93. The molecule has 1 saturated carbocycles. The van der Waals surface area contributed by atoms with Gasteiger partial charge in [-0.05, 0) is 45.2 Å². The maximum Gasteiger partial charge on any atom is 0.263 e. The van der Waals surface area contributed by atoms with Crippen LogP contribution >= 0.6 is 11.3 Å². The molecular weight excluding hydrogens is 394 g/mol. The molecule has 0 aliphatic heterocycles. The Labute approximate surface area is 170 Å². The van der Waals surface area contributed by atoms with E-state index in [2.05, 4.69) is 15.0 Å². The first-order valence-corrected chi connectivity index (χ1v) is 11.9. The van der Waals surface area contributed by atoms with E-state index >= 15 is 0 Å². The van der Waals surface area contributed by atoms with E-state index in [1.54, 1.807) is 26.0 Å². The van der Waals surface area contributed by atoms with Crippen molar-refractivity contribution in [2.45, 2.75) is 70.2 Å². The maximum absolute atomic E-state index is 12.7. The van der Waals surface area contributed by atoms with Crippen LogP contribution in [0.4, 0.5) is 5.13 Å². The zero-order chi connectivity index (χ0) is 20.3. The summed E-state index contributed by atoms with van der Waals surface area (Å²) in [5.41, 5.74) is 2.21. The number of rotatable bonds is 5. The molecule has 8 heteroatoms. The van der Waals surface area contributed by atoms with E-state index in [1.165, 1.54) is 12.8 Å². The van der Waals surface area contributed by atoms with Crippen molar-refractivity contribution in [1.82, 2.24) is 10.3 Å². The lowest BCUT2D eigenvalue weighted by molar-refractivity contribution is 0.0936. The van der Waals surface area contributed by atoms with Crippen molar-refractivity contribution >= 4 is 32.4 Å². The van der Waals surface area contributed by atoms with Crippen LogP contribution in [-0.2, 0) is 10.0 Å². The van der Waals surface area contributed by atoms with Gasteiger partial charge in [-0.1, -0.05) is 54.7 Å². The Bertz CT molecular complexity index is 959. The Morgan fingerprint density at radius 2 is 1.79 bits per heavy atom. The van der Waals surface area contributed by atoms with Crippen LogP contribution in [0.5, 0.6) is 0 Å². The van der Waals surface area contributed by atoms with Crippen LogP contribution in [-0.4, -0.2) is 25.4 Å². The van der Waals surface area contributed by atoms with Crippen molar-refractivity contribution < 1.29 is 13.2 Å². The number of carbonyl (C=O) groups is 1. The van der Waals surface area contributed by atoms with Gasteiger partial charge in [-0.15, -0.1) is 0 Å². The minimum atomic E-state index is -3.76. The Morgan fingerprint density at radius 3 is 2.43 bits per heavy atom. The fraction of sp³-hybridized carbons (Fsp3) is 0.500. The maximum atomic E-state index is 12.7. The number of aromatic nitrogens is 1. The second-order valence-electron chi connectivity index (χ2n) is 7.47. The highest BCUT2D eigenvalue weighted by Gasteiger charge is 2.23. The molecule has 0 spiro atoms. The molecule has 3 rings (SSSR count). The summed E-state index contributed by atoms with van der Waals surface area (Å²) >= 11 is 1.08. The number of benzene rings is 1. The quantitative estimate of drug-likeness (QED) is 0.704. The third-order valence-electron chi connectivity index (χ3n) is 5.03. The molecule has 1 aliphatic carbocycles. The van der Waals surface area contributed by atoms with E-state index in [0.29, 0.717) is 16.1 Å². The lowest BCUT2D eigenvalue weighted by Gasteiger charge is -2.15. The number of thiazole rings is 1. The number of anilines is 1. The fourth-order valence-electron chi connectivity index (χ4n) is 3.60. The molecule has 2 aromatic rings. The SMILES string of the molecule is Cc1ccc(S(=O)(=O)Nc2nc(C)c(C(=O)NC3CCCCCC3)s2)c(C)c1. The number of amides is 1. The Balaban J connectivity index is 1.75. The Kier molecular flexibility index (Phi) is 6.40. The summed E-state index contributed by atoms with van der Waals surface area (Å²) in [5.74, 6) is -0.168. The molecule has 1 fully saturated rings. The zero-order valence-corrected chi connectivity index (χ0v) is 18.2. The summed E-state index contributed by atoms with van der Waals surface area (Å²) in [6.07, 6.45) is 6.69. The van der Waals surface area contributed by atoms with Gasteiger partial charge in [-0.3, -0.25) is 9.52 Å². The number of nitrogens with one attached hydrogen (secondary N) is 2.